The average molecular weight is 465 g/mol. The first-order valence-electron chi connectivity index (χ1n) is 9.86. The SMILES string of the molecule is Cc1cc(/C=C2\C(=O)NC(=O)N(c3ccccc3)C2=O)c(C)n1-c1ccc(S(N)(=O)=O)cc1. The highest BCUT2D eigenvalue weighted by Gasteiger charge is 2.36. The maximum Gasteiger partial charge on any atom is 0.335 e. The van der Waals surface area contributed by atoms with Gasteiger partial charge in [0.25, 0.3) is 11.8 Å². The molecule has 4 rings (SSSR count). The first kappa shape index (κ1) is 22.2. The highest BCUT2D eigenvalue weighted by molar-refractivity contribution is 7.89. The first-order chi connectivity index (χ1) is 15.6. The van der Waals surface area contributed by atoms with E-state index in [1.54, 1.807) is 55.5 Å². The Morgan fingerprint density at radius 2 is 1.55 bits per heavy atom. The summed E-state index contributed by atoms with van der Waals surface area (Å²) < 4.78 is 24.9. The van der Waals surface area contributed by atoms with Gasteiger partial charge in [-0.05, 0) is 68.0 Å². The number of nitrogens with two attached hydrogens (primary N) is 1. The molecular formula is C23H20N4O5S. The minimum absolute atomic E-state index is 0.00815. The summed E-state index contributed by atoms with van der Waals surface area (Å²) in [7, 11) is -3.81. The van der Waals surface area contributed by atoms with Crippen LogP contribution in [0.3, 0.4) is 0 Å². The van der Waals surface area contributed by atoms with Crippen molar-refractivity contribution < 1.29 is 22.8 Å². The summed E-state index contributed by atoms with van der Waals surface area (Å²) in [6.45, 7) is 3.64. The molecule has 2 aromatic carbocycles. The monoisotopic (exact) mass is 464 g/mol. The fourth-order valence-corrected chi connectivity index (χ4v) is 4.26. The number of barbiturate groups is 1. The zero-order valence-corrected chi connectivity index (χ0v) is 18.6. The average Bonchev–Trinajstić information content (AvgIpc) is 3.04. The lowest BCUT2D eigenvalue weighted by molar-refractivity contribution is -0.122. The molecule has 0 radical (unpaired) electrons. The van der Waals surface area contributed by atoms with E-state index in [4.69, 9.17) is 5.14 Å². The van der Waals surface area contributed by atoms with Gasteiger partial charge in [-0.2, -0.15) is 0 Å². The van der Waals surface area contributed by atoms with E-state index in [0.29, 0.717) is 22.6 Å². The second-order valence-electron chi connectivity index (χ2n) is 7.49. The summed E-state index contributed by atoms with van der Waals surface area (Å²) in [6.07, 6.45) is 1.44. The predicted molar refractivity (Wildman–Crippen MR) is 122 cm³/mol. The van der Waals surface area contributed by atoms with Crippen LogP contribution >= 0.6 is 0 Å². The molecule has 0 spiro atoms. The van der Waals surface area contributed by atoms with E-state index in [0.717, 1.165) is 10.6 Å². The van der Waals surface area contributed by atoms with Crippen LogP contribution in [0, 0.1) is 13.8 Å². The number of benzene rings is 2. The van der Waals surface area contributed by atoms with Gasteiger partial charge in [0.2, 0.25) is 10.0 Å². The maximum absolute atomic E-state index is 13.1. The van der Waals surface area contributed by atoms with Gasteiger partial charge in [-0.1, -0.05) is 18.2 Å². The molecule has 3 N–H and O–H groups in total. The molecule has 33 heavy (non-hydrogen) atoms. The molecule has 168 valence electrons. The van der Waals surface area contributed by atoms with Gasteiger partial charge in [0.05, 0.1) is 10.6 Å². The molecule has 0 unspecified atom stereocenters. The Morgan fingerprint density at radius 3 is 2.15 bits per heavy atom. The summed E-state index contributed by atoms with van der Waals surface area (Å²) in [5.74, 6) is -1.50. The molecular weight excluding hydrogens is 444 g/mol. The van der Waals surface area contributed by atoms with Crippen molar-refractivity contribution in [3.05, 3.63) is 83.2 Å². The number of primary sulfonamides is 1. The van der Waals surface area contributed by atoms with Crippen LogP contribution in [0.4, 0.5) is 10.5 Å². The molecule has 0 saturated carbocycles. The Morgan fingerprint density at radius 1 is 0.909 bits per heavy atom. The topological polar surface area (TPSA) is 132 Å². The van der Waals surface area contributed by atoms with Crippen LogP contribution < -0.4 is 15.4 Å². The van der Waals surface area contributed by atoms with E-state index >= 15 is 0 Å². The molecule has 9 nitrogen and oxygen atoms in total. The molecule has 0 bridgehead atoms. The Labute approximate surface area is 190 Å². The van der Waals surface area contributed by atoms with Crippen LogP contribution in [0.2, 0.25) is 0 Å². The number of hydrogen-bond acceptors (Lipinski definition) is 5. The molecule has 2 heterocycles. The minimum atomic E-state index is -3.81. The van der Waals surface area contributed by atoms with E-state index in [1.165, 1.54) is 18.2 Å². The van der Waals surface area contributed by atoms with Crippen LogP contribution in [0.15, 0.2) is 71.1 Å². The van der Waals surface area contributed by atoms with Crippen LogP contribution in [0.5, 0.6) is 0 Å². The zero-order chi connectivity index (χ0) is 23.9. The van der Waals surface area contributed by atoms with Crippen molar-refractivity contribution >= 4 is 39.6 Å². The molecule has 0 atom stereocenters. The van der Waals surface area contributed by atoms with Gasteiger partial charge < -0.3 is 4.57 Å². The number of nitrogens with zero attached hydrogens (tertiary/aromatic N) is 2. The largest absolute Gasteiger partial charge is 0.335 e. The van der Waals surface area contributed by atoms with Crippen molar-refractivity contribution in [1.29, 1.82) is 0 Å². The lowest BCUT2D eigenvalue weighted by Gasteiger charge is -2.26. The van der Waals surface area contributed by atoms with Gasteiger partial charge in [-0.25, -0.2) is 23.3 Å². The quantitative estimate of drug-likeness (QED) is 0.452. The number of rotatable bonds is 4. The predicted octanol–water partition coefficient (Wildman–Crippen LogP) is 2.41. The molecule has 10 heteroatoms. The van der Waals surface area contributed by atoms with E-state index in [2.05, 4.69) is 5.32 Å². The highest BCUT2D eigenvalue weighted by Crippen LogP contribution is 2.26. The molecule has 1 aliphatic rings. The third kappa shape index (κ3) is 4.09. The Bertz CT molecular complexity index is 1420. The Kier molecular flexibility index (Phi) is 5.48. The number of hydrogen-bond donors (Lipinski definition) is 2. The minimum Gasteiger partial charge on any atom is -0.318 e. The van der Waals surface area contributed by atoms with Gasteiger partial charge in [0.15, 0.2) is 0 Å². The third-order valence-corrected chi connectivity index (χ3v) is 6.24. The maximum atomic E-state index is 13.1. The number of aryl methyl sites for hydroxylation is 1. The van der Waals surface area contributed by atoms with E-state index in [9.17, 15) is 22.8 Å². The van der Waals surface area contributed by atoms with Gasteiger partial charge in [0.1, 0.15) is 5.57 Å². The number of anilines is 1. The number of carbonyl (C=O) groups excluding carboxylic acids is 3. The number of nitrogens with one attached hydrogen (secondary N) is 1. The number of carbonyl (C=O) groups is 3. The number of amides is 4. The Hall–Kier alpha value is -4.02. The standard InChI is InChI=1S/C23H20N4O5S/c1-14-12-16(15(2)26(14)18-8-10-19(11-9-18)33(24,31)32)13-20-21(28)25-23(30)27(22(20)29)17-6-4-3-5-7-17/h3-13H,1-2H3,(H2,24,31,32)(H,25,28,30)/b20-13+. The highest BCUT2D eigenvalue weighted by atomic mass is 32.2. The van der Waals surface area contributed by atoms with E-state index < -0.39 is 27.9 Å². The van der Waals surface area contributed by atoms with Crippen molar-refractivity contribution in [3.8, 4) is 5.69 Å². The molecule has 1 aromatic heterocycles. The van der Waals surface area contributed by atoms with Crippen LogP contribution in [0.1, 0.15) is 17.0 Å². The molecule has 0 aliphatic carbocycles. The second-order valence-corrected chi connectivity index (χ2v) is 9.06. The number of para-hydroxylation sites is 1. The van der Waals surface area contributed by atoms with Crippen LogP contribution in [-0.2, 0) is 19.6 Å². The first-order valence-corrected chi connectivity index (χ1v) is 11.4. The lowest BCUT2D eigenvalue weighted by Crippen LogP contribution is -2.54. The summed E-state index contributed by atoms with van der Waals surface area (Å²) in [4.78, 5) is 38.8. The lowest BCUT2D eigenvalue weighted by atomic mass is 10.1. The third-order valence-electron chi connectivity index (χ3n) is 5.31. The normalized spacial score (nSPS) is 15.8. The van der Waals surface area contributed by atoms with Crippen molar-refractivity contribution in [2.75, 3.05) is 4.90 Å². The summed E-state index contributed by atoms with van der Waals surface area (Å²) in [5.41, 5.74) is 2.96. The summed E-state index contributed by atoms with van der Waals surface area (Å²) in [5, 5.41) is 7.37. The van der Waals surface area contributed by atoms with Gasteiger partial charge in [-0.15, -0.1) is 0 Å². The molecule has 4 amide bonds. The summed E-state index contributed by atoms with van der Waals surface area (Å²) >= 11 is 0. The Balaban J connectivity index is 1.74. The summed E-state index contributed by atoms with van der Waals surface area (Å²) in [6, 6.07) is 15.3. The molecule has 1 fully saturated rings. The molecule has 1 saturated heterocycles. The van der Waals surface area contributed by atoms with Gasteiger partial charge in [-0.3, -0.25) is 14.9 Å². The molecule has 1 aliphatic heterocycles. The number of urea groups is 1. The second kappa shape index (κ2) is 8.15. The number of aromatic nitrogens is 1. The van der Waals surface area contributed by atoms with Crippen LogP contribution in [0.25, 0.3) is 11.8 Å². The van der Waals surface area contributed by atoms with E-state index in [1.807, 2.05) is 11.5 Å². The fraction of sp³-hybridized carbons (Fsp3) is 0.0870. The van der Waals surface area contributed by atoms with E-state index in [-0.39, 0.29) is 10.5 Å². The zero-order valence-electron chi connectivity index (χ0n) is 17.8. The van der Waals surface area contributed by atoms with Crippen molar-refractivity contribution in [3.63, 3.8) is 0 Å². The smallest absolute Gasteiger partial charge is 0.318 e. The van der Waals surface area contributed by atoms with Gasteiger partial charge in [0, 0.05) is 17.1 Å². The molecule has 3 aromatic rings. The fourth-order valence-electron chi connectivity index (χ4n) is 3.74. The van der Waals surface area contributed by atoms with Crippen molar-refractivity contribution in [1.82, 2.24) is 9.88 Å². The van der Waals surface area contributed by atoms with Crippen molar-refractivity contribution in [2.24, 2.45) is 5.14 Å². The van der Waals surface area contributed by atoms with Crippen LogP contribution in [-0.4, -0.2) is 30.8 Å². The van der Waals surface area contributed by atoms with Crippen molar-refractivity contribution in [2.45, 2.75) is 18.7 Å². The number of sulfonamides is 1. The van der Waals surface area contributed by atoms with Gasteiger partial charge >= 0.3 is 6.03 Å². The number of imide groups is 2.